The zero-order chi connectivity index (χ0) is 17.1. The van der Waals surface area contributed by atoms with Crippen LogP contribution < -0.4 is 10.3 Å². The van der Waals surface area contributed by atoms with Crippen molar-refractivity contribution in [2.75, 3.05) is 7.11 Å². The van der Waals surface area contributed by atoms with E-state index in [0.717, 1.165) is 0 Å². The maximum Gasteiger partial charge on any atom is 0.263 e. The van der Waals surface area contributed by atoms with Crippen LogP contribution in [0, 0.1) is 0 Å². The van der Waals surface area contributed by atoms with Crippen molar-refractivity contribution in [1.29, 1.82) is 0 Å². The van der Waals surface area contributed by atoms with E-state index >= 15 is 0 Å². The molecule has 5 heteroatoms. The third-order valence-corrected chi connectivity index (χ3v) is 3.91. The van der Waals surface area contributed by atoms with Gasteiger partial charge in [-0.25, -0.2) is 0 Å². The number of aromatic hydroxyl groups is 1. The van der Waals surface area contributed by atoms with Crippen LogP contribution in [0.15, 0.2) is 58.3 Å². The van der Waals surface area contributed by atoms with Gasteiger partial charge in [-0.3, -0.25) is 9.79 Å². The zero-order valence-corrected chi connectivity index (χ0v) is 13.6. The number of fused-ring (bicyclic) bond motifs is 1. The Labute approximate surface area is 139 Å². The van der Waals surface area contributed by atoms with Crippen molar-refractivity contribution < 1.29 is 9.84 Å². The van der Waals surface area contributed by atoms with E-state index in [1.165, 1.54) is 6.21 Å². The lowest BCUT2D eigenvalue weighted by Gasteiger charge is -2.11. The molecule has 0 aliphatic heterocycles. The van der Waals surface area contributed by atoms with Crippen LogP contribution in [0.4, 0.5) is 5.69 Å². The van der Waals surface area contributed by atoms with Crippen LogP contribution in [-0.4, -0.2) is 23.0 Å². The van der Waals surface area contributed by atoms with E-state index in [-0.39, 0.29) is 16.9 Å². The minimum absolute atomic E-state index is 0.0565. The summed E-state index contributed by atoms with van der Waals surface area (Å²) in [6.07, 6.45) is 1.40. The molecule has 1 heterocycles. The third kappa shape index (κ3) is 2.65. The molecule has 0 spiro atoms. The molecule has 0 saturated carbocycles. The highest BCUT2D eigenvalue weighted by molar-refractivity contribution is 5.95. The molecule has 3 rings (SSSR count). The number of para-hydroxylation sites is 3. The number of rotatable bonds is 4. The topological polar surface area (TPSA) is 63.8 Å². The molecular weight excluding hydrogens is 304 g/mol. The number of methoxy groups -OCH3 is 1. The number of aromatic nitrogens is 1. The summed E-state index contributed by atoms with van der Waals surface area (Å²) in [5.74, 6) is 0.545. The van der Waals surface area contributed by atoms with Crippen molar-refractivity contribution >= 4 is 22.8 Å². The molecule has 122 valence electrons. The van der Waals surface area contributed by atoms with Crippen molar-refractivity contribution in [3.8, 4) is 11.5 Å². The van der Waals surface area contributed by atoms with Crippen molar-refractivity contribution in [2.24, 2.45) is 4.99 Å². The van der Waals surface area contributed by atoms with Gasteiger partial charge in [0.1, 0.15) is 22.7 Å². The zero-order valence-electron chi connectivity index (χ0n) is 13.6. The molecule has 5 nitrogen and oxygen atoms in total. The summed E-state index contributed by atoms with van der Waals surface area (Å²) in [5.41, 5.74) is 1.20. The number of benzene rings is 2. The van der Waals surface area contributed by atoms with Crippen LogP contribution in [0.3, 0.4) is 0 Å². The number of aryl methyl sites for hydroxylation is 1. The lowest BCUT2D eigenvalue weighted by atomic mass is 10.1. The van der Waals surface area contributed by atoms with E-state index < -0.39 is 0 Å². The molecule has 0 aliphatic carbocycles. The number of pyridine rings is 1. The fraction of sp³-hybridized carbons (Fsp3) is 0.158. The SMILES string of the molecule is CCn1c(=O)c(C=Nc2ccccc2OC)c(O)c2ccccc21. The quantitative estimate of drug-likeness (QED) is 0.748. The second-order valence-corrected chi connectivity index (χ2v) is 5.26. The summed E-state index contributed by atoms with van der Waals surface area (Å²) in [5, 5.41) is 11.1. The summed E-state index contributed by atoms with van der Waals surface area (Å²) in [6, 6.07) is 14.5. The molecule has 0 fully saturated rings. The van der Waals surface area contributed by atoms with Crippen LogP contribution >= 0.6 is 0 Å². The van der Waals surface area contributed by atoms with Gasteiger partial charge in [0.05, 0.1) is 12.6 Å². The number of aliphatic imine (C=N–C) groups is 1. The molecule has 0 saturated heterocycles. The maximum absolute atomic E-state index is 12.7. The largest absolute Gasteiger partial charge is 0.506 e. The molecule has 1 N–H and O–H groups in total. The monoisotopic (exact) mass is 322 g/mol. The van der Waals surface area contributed by atoms with Gasteiger partial charge >= 0.3 is 0 Å². The minimum Gasteiger partial charge on any atom is -0.506 e. The Balaban J connectivity index is 2.20. The first-order valence-corrected chi connectivity index (χ1v) is 7.69. The summed E-state index contributed by atoms with van der Waals surface area (Å²) in [4.78, 5) is 17.0. The number of hydrogen-bond donors (Lipinski definition) is 1. The van der Waals surface area contributed by atoms with Crippen molar-refractivity contribution in [2.45, 2.75) is 13.5 Å². The third-order valence-electron chi connectivity index (χ3n) is 3.91. The molecular formula is C19H18N2O3. The smallest absolute Gasteiger partial charge is 0.263 e. The average Bonchev–Trinajstić information content (AvgIpc) is 2.62. The molecule has 1 aromatic heterocycles. The van der Waals surface area contributed by atoms with Gasteiger partial charge in [0.15, 0.2) is 0 Å². The van der Waals surface area contributed by atoms with E-state index in [1.807, 2.05) is 37.3 Å². The molecule has 2 aromatic carbocycles. The van der Waals surface area contributed by atoms with Gasteiger partial charge < -0.3 is 14.4 Å². The van der Waals surface area contributed by atoms with E-state index in [4.69, 9.17) is 4.74 Å². The van der Waals surface area contributed by atoms with E-state index in [1.54, 1.807) is 29.9 Å². The van der Waals surface area contributed by atoms with E-state index in [9.17, 15) is 9.90 Å². The molecule has 0 bridgehead atoms. The maximum atomic E-state index is 12.7. The van der Waals surface area contributed by atoms with Gasteiger partial charge in [-0.05, 0) is 31.2 Å². The summed E-state index contributed by atoms with van der Waals surface area (Å²) >= 11 is 0. The highest BCUT2D eigenvalue weighted by Crippen LogP contribution is 2.28. The summed E-state index contributed by atoms with van der Waals surface area (Å²) < 4.78 is 6.87. The van der Waals surface area contributed by atoms with Crippen LogP contribution in [-0.2, 0) is 6.54 Å². The molecule has 3 aromatic rings. The molecule has 0 unspecified atom stereocenters. The van der Waals surface area contributed by atoms with Crippen molar-refractivity contribution in [3.05, 3.63) is 64.4 Å². The first kappa shape index (κ1) is 15.8. The van der Waals surface area contributed by atoms with Crippen molar-refractivity contribution in [1.82, 2.24) is 4.57 Å². The van der Waals surface area contributed by atoms with Gasteiger partial charge in [0.2, 0.25) is 0 Å². The average molecular weight is 322 g/mol. The first-order chi connectivity index (χ1) is 11.7. The predicted molar refractivity (Wildman–Crippen MR) is 95.8 cm³/mol. The van der Waals surface area contributed by atoms with E-state index in [0.29, 0.717) is 28.9 Å². The lowest BCUT2D eigenvalue weighted by molar-refractivity contribution is 0.416. The second kappa shape index (κ2) is 6.58. The highest BCUT2D eigenvalue weighted by Gasteiger charge is 2.14. The number of nitrogens with zero attached hydrogens (tertiary/aromatic N) is 2. The van der Waals surface area contributed by atoms with Gasteiger partial charge in [0, 0.05) is 18.1 Å². The van der Waals surface area contributed by atoms with Gasteiger partial charge in [-0.2, -0.15) is 0 Å². The van der Waals surface area contributed by atoms with Crippen LogP contribution in [0.2, 0.25) is 0 Å². The Bertz CT molecular complexity index is 974. The number of ether oxygens (including phenoxy) is 1. The molecule has 0 aliphatic rings. The fourth-order valence-electron chi connectivity index (χ4n) is 2.71. The van der Waals surface area contributed by atoms with Gasteiger partial charge in [-0.1, -0.05) is 24.3 Å². The van der Waals surface area contributed by atoms with Crippen molar-refractivity contribution in [3.63, 3.8) is 0 Å². The second-order valence-electron chi connectivity index (χ2n) is 5.26. The Morgan fingerprint density at radius 2 is 1.88 bits per heavy atom. The van der Waals surface area contributed by atoms with Crippen LogP contribution in [0.5, 0.6) is 11.5 Å². The molecule has 24 heavy (non-hydrogen) atoms. The van der Waals surface area contributed by atoms with E-state index in [2.05, 4.69) is 4.99 Å². The minimum atomic E-state index is -0.271. The normalized spacial score (nSPS) is 11.2. The molecule has 0 amide bonds. The molecule has 0 radical (unpaired) electrons. The Morgan fingerprint density at radius 1 is 1.17 bits per heavy atom. The van der Waals surface area contributed by atoms with Crippen LogP contribution in [0.1, 0.15) is 12.5 Å². The Kier molecular flexibility index (Phi) is 4.33. The standard InChI is InChI=1S/C19H18N2O3/c1-3-21-16-10-6-4-8-13(16)18(22)14(19(21)23)12-20-15-9-5-7-11-17(15)24-2/h4-12,22H,3H2,1-2H3. The fourth-order valence-corrected chi connectivity index (χ4v) is 2.71. The summed E-state index contributed by atoms with van der Waals surface area (Å²) in [6.45, 7) is 2.40. The van der Waals surface area contributed by atoms with Crippen LogP contribution in [0.25, 0.3) is 10.9 Å². The number of hydrogen-bond acceptors (Lipinski definition) is 4. The first-order valence-electron chi connectivity index (χ1n) is 7.69. The Morgan fingerprint density at radius 3 is 2.62 bits per heavy atom. The Hall–Kier alpha value is -3.08. The summed E-state index contributed by atoms with van der Waals surface area (Å²) in [7, 11) is 1.56. The lowest BCUT2D eigenvalue weighted by Crippen LogP contribution is -2.23. The highest BCUT2D eigenvalue weighted by atomic mass is 16.5. The molecule has 0 atom stereocenters. The van der Waals surface area contributed by atoms with Gasteiger partial charge in [-0.15, -0.1) is 0 Å². The predicted octanol–water partition coefficient (Wildman–Crippen LogP) is 3.49. The van der Waals surface area contributed by atoms with Gasteiger partial charge in [0.25, 0.3) is 5.56 Å².